The van der Waals surface area contributed by atoms with Crippen LogP contribution in [0.1, 0.15) is 23.2 Å². The summed E-state index contributed by atoms with van der Waals surface area (Å²) in [6, 6.07) is 13.1. The minimum absolute atomic E-state index is 0.483. The Kier molecular flexibility index (Phi) is 3.43. The van der Waals surface area contributed by atoms with Crippen LogP contribution in [0.25, 0.3) is 0 Å². The summed E-state index contributed by atoms with van der Waals surface area (Å²) in [5.41, 5.74) is 5.01. The van der Waals surface area contributed by atoms with E-state index in [2.05, 4.69) is 34.6 Å². The first-order valence-corrected chi connectivity index (χ1v) is 7.06. The van der Waals surface area contributed by atoms with Gasteiger partial charge in [0, 0.05) is 6.04 Å². The van der Waals surface area contributed by atoms with Crippen LogP contribution in [0.5, 0.6) is 0 Å². The van der Waals surface area contributed by atoms with Gasteiger partial charge in [0.25, 0.3) is 0 Å². The number of fused-ring (bicyclic) bond motifs is 1. The zero-order valence-corrected chi connectivity index (χ0v) is 11.7. The average molecular weight is 273 g/mol. The molecule has 19 heavy (non-hydrogen) atoms. The number of benzene rings is 1. The van der Waals surface area contributed by atoms with Gasteiger partial charge in [-0.2, -0.15) is 0 Å². The van der Waals surface area contributed by atoms with E-state index in [9.17, 15) is 0 Å². The van der Waals surface area contributed by atoms with Gasteiger partial charge in [0.2, 0.25) is 0 Å². The molecule has 1 aromatic carbocycles. The number of nitrogens with zero attached hydrogens (tertiary/aromatic N) is 1. The van der Waals surface area contributed by atoms with Crippen molar-refractivity contribution in [3.8, 4) is 0 Å². The number of anilines is 1. The number of nitrogens with one attached hydrogen (secondary N) is 1. The quantitative estimate of drug-likeness (QED) is 0.836. The Morgan fingerprint density at radius 1 is 1.16 bits per heavy atom. The second-order valence-electron chi connectivity index (χ2n) is 5.12. The predicted octanol–water partition coefficient (Wildman–Crippen LogP) is 4.01. The number of hydrogen-bond acceptors (Lipinski definition) is 2. The summed E-state index contributed by atoms with van der Waals surface area (Å²) in [4.78, 5) is 4.29. The van der Waals surface area contributed by atoms with Crippen LogP contribution >= 0.6 is 11.6 Å². The van der Waals surface area contributed by atoms with Crippen LogP contribution in [0.3, 0.4) is 0 Å². The van der Waals surface area contributed by atoms with Gasteiger partial charge < -0.3 is 5.32 Å². The first kappa shape index (κ1) is 12.5. The van der Waals surface area contributed by atoms with Crippen molar-refractivity contribution >= 4 is 17.3 Å². The minimum Gasteiger partial charge on any atom is -0.381 e. The average Bonchev–Trinajstić information content (AvgIpc) is 2.42. The highest BCUT2D eigenvalue weighted by Gasteiger charge is 2.18. The molecule has 1 N–H and O–H groups in total. The fraction of sp³-hybridized carbons (Fsp3) is 0.312. The minimum atomic E-state index is 0.483. The molecule has 0 fully saturated rings. The van der Waals surface area contributed by atoms with E-state index in [-0.39, 0.29) is 0 Å². The van der Waals surface area contributed by atoms with E-state index in [1.165, 1.54) is 17.5 Å². The molecular formula is C16H17ClN2. The van der Waals surface area contributed by atoms with Crippen LogP contribution in [-0.4, -0.2) is 11.0 Å². The summed E-state index contributed by atoms with van der Waals surface area (Å²) in [5, 5.41) is 4.15. The highest BCUT2D eigenvalue weighted by molar-refractivity contribution is 6.29. The summed E-state index contributed by atoms with van der Waals surface area (Å²) in [7, 11) is 0. The zero-order valence-electron chi connectivity index (χ0n) is 11.0. The van der Waals surface area contributed by atoms with Gasteiger partial charge in [-0.1, -0.05) is 35.9 Å². The molecule has 1 unspecified atom stereocenters. The molecule has 2 nitrogen and oxygen atoms in total. The van der Waals surface area contributed by atoms with E-state index in [4.69, 9.17) is 11.6 Å². The van der Waals surface area contributed by atoms with Crippen molar-refractivity contribution in [2.75, 3.05) is 5.32 Å². The Hall–Kier alpha value is -1.54. The second kappa shape index (κ2) is 5.22. The molecule has 0 saturated heterocycles. The van der Waals surface area contributed by atoms with Gasteiger partial charge in [0.05, 0.1) is 11.4 Å². The largest absolute Gasteiger partial charge is 0.381 e. The molecule has 98 valence electrons. The van der Waals surface area contributed by atoms with E-state index in [0.717, 1.165) is 24.2 Å². The maximum absolute atomic E-state index is 5.89. The second-order valence-corrected chi connectivity index (χ2v) is 5.51. The molecule has 3 rings (SSSR count). The van der Waals surface area contributed by atoms with Crippen molar-refractivity contribution in [2.45, 2.75) is 32.2 Å². The van der Waals surface area contributed by atoms with Gasteiger partial charge in [-0.05, 0) is 49.4 Å². The zero-order chi connectivity index (χ0) is 13.2. The molecule has 2 aromatic rings. The van der Waals surface area contributed by atoms with Gasteiger partial charge in [-0.3, -0.25) is 0 Å². The topological polar surface area (TPSA) is 24.9 Å². The lowest BCUT2D eigenvalue weighted by atomic mass is 9.88. The van der Waals surface area contributed by atoms with Gasteiger partial charge in [-0.15, -0.1) is 0 Å². The number of aromatic nitrogens is 1. The summed E-state index contributed by atoms with van der Waals surface area (Å²) < 4.78 is 0. The normalized spacial score (nSPS) is 17.9. The van der Waals surface area contributed by atoms with Gasteiger partial charge in [0.15, 0.2) is 0 Å². The molecule has 0 saturated carbocycles. The van der Waals surface area contributed by atoms with Crippen LogP contribution in [-0.2, 0) is 12.8 Å². The standard InChI is InChI=1S/C16H17ClN2/c1-11-15(8-9-16(17)18-11)19-14-7-6-12-4-2-3-5-13(12)10-14/h2-5,8-9,14,19H,6-7,10H2,1H3. The Morgan fingerprint density at radius 2 is 1.95 bits per heavy atom. The molecule has 1 heterocycles. The smallest absolute Gasteiger partial charge is 0.129 e. The fourth-order valence-corrected chi connectivity index (χ4v) is 2.91. The van der Waals surface area contributed by atoms with Crippen LogP contribution in [0.2, 0.25) is 5.15 Å². The first-order valence-electron chi connectivity index (χ1n) is 6.69. The van der Waals surface area contributed by atoms with Crippen molar-refractivity contribution in [3.05, 3.63) is 58.4 Å². The molecule has 0 radical (unpaired) electrons. The van der Waals surface area contributed by atoms with Crippen molar-refractivity contribution in [1.82, 2.24) is 4.98 Å². The summed E-state index contributed by atoms with van der Waals surface area (Å²) >= 11 is 5.89. The molecule has 1 aliphatic rings. The number of halogens is 1. The Morgan fingerprint density at radius 3 is 2.74 bits per heavy atom. The van der Waals surface area contributed by atoms with Crippen molar-refractivity contribution < 1.29 is 0 Å². The van der Waals surface area contributed by atoms with E-state index in [1.54, 1.807) is 0 Å². The molecule has 0 aliphatic heterocycles. The molecule has 0 bridgehead atoms. The molecule has 1 aromatic heterocycles. The van der Waals surface area contributed by atoms with E-state index >= 15 is 0 Å². The van der Waals surface area contributed by atoms with Crippen LogP contribution in [0.4, 0.5) is 5.69 Å². The molecular weight excluding hydrogens is 256 g/mol. The molecule has 1 atom stereocenters. The van der Waals surface area contributed by atoms with Gasteiger partial charge in [0.1, 0.15) is 5.15 Å². The van der Waals surface area contributed by atoms with Crippen molar-refractivity contribution in [2.24, 2.45) is 0 Å². The van der Waals surface area contributed by atoms with Gasteiger partial charge in [-0.25, -0.2) is 4.98 Å². The lowest BCUT2D eigenvalue weighted by molar-refractivity contribution is 0.610. The monoisotopic (exact) mass is 272 g/mol. The number of rotatable bonds is 2. The molecule has 3 heteroatoms. The van der Waals surface area contributed by atoms with E-state index in [1.807, 2.05) is 19.1 Å². The molecule has 0 amide bonds. The number of aryl methyl sites for hydroxylation is 2. The summed E-state index contributed by atoms with van der Waals surface area (Å²) in [6.45, 7) is 1.99. The highest BCUT2D eigenvalue weighted by atomic mass is 35.5. The third-order valence-corrected chi connectivity index (χ3v) is 3.97. The SMILES string of the molecule is Cc1nc(Cl)ccc1NC1CCc2ccccc2C1. The van der Waals surface area contributed by atoms with Crippen LogP contribution in [0, 0.1) is 6.92 Å². The molecule has 1 aliphatic carbocycles. The van der Waals surface area contributed by atoms with E-state index < -0.39 is 0 Å². The predicted molar refractivity (Wildman–Crippen MR) is 79.9 cm³/mol. The lowest BCUT2D eigenvalue weighted by Crippen LogP contribution is -2.27. The first-order chi connectivity index (χ1) is 9.22. The Bertz CT molecular complexity index is 595. The summed E-state index contributed by atoms with van der Waals surface area (Å²) in [5.74, 6) is 0. The Balaban J connectivity index is 1.75. The van der Waals surface area contributed by atoms with Crippen molar-refractivity contribution in [1.29, 1.82) is 0 Å². The fourth-order valence-electron chi connectivity index (χ4n) is 2.72. The lowest BCUT2D eigenvalue weighted by Gasteiger charge is -2.26. The van der Waals surface area contributed by atoms with Crippen LogP contribution < -0.4 is 5.32 Å². The third kappa shape index (κ3) is 2.74. The summed E-state index contributed by atoms with van der Waals surface area (Å²) in [6.07, 6.45) is 3.39. The number of pyridine rings is 1. The Labute approximate surface area is 118 Å². The van der Waals surface area contributed by atoms with Gasteiger partial charge >= 0.3 is 0 Å². The maximum Gasteiger partial charge on any atom is 0.129 e. The third-order valence-electron chi connectivity index (χ3n) is 3.76. The van der Waals surface area contributed by atoms with E-state index in [0.29, 0.717) is 11.2 Å². The molecule has 0 spiro atoms. The van der Waals surface area contributed by atoms with Crippen molar-refractivity contribution in [3.63, 3.8) is 0 Å². The maximum atomic E-state index is 5.89. The van der Waals surface area contributed by atoms with Crippen LogP contribution in [0.15, 0.2) is 36.4 Å². The highest BCUT2D eigenvalue weighted by Crippen LogP contribution is 2.25. The number of hydrogen-bond donors (Lipinski definition) is 1.